The molecular weight excluding hydrogens is 466 g/mol. The minimum atomic E-state index is -0.102. The van der Waals surface area contributed by atoms with Crippen LogP contribution in [0.1, 0.15) is 0 Å². The molecule has 0 unspecified atom stereocenters. The third-order valence-electron chi connectivity index (χ3n) is 6.11. The molecule has 3 heterocycles. The molecule has 0 bridgehead atoms. The number of benzene rings is 4. The molecule has 0 aliphatic carbocycles. The van der Waals surface area contributed by atoms with Gasteiger partial charge in [-0.15, -0.1) is 0 Å². The second kappa shape index (κ2) is 8.18. The first-order valence-electron chi connectivity index (χ1n) is 11.5. The van der Waals surface area contributed by atoms with E-state index in [4.69, 9.17) is 19.9 Å². The van der Waals surface area contributed by atoms with Crippen molar-refractivity contribution in [1.29, 1.82) is 0 Å². The summed E-state index contributed by atoms with van der Waals surface area (Å²) in [5.41, 5.74) is 3.89. The Labute approximate surface area is 209 Å². The number of rotatable bonds is 3. The third kappa shape index (κ3) is 3.29. The molecule has 0 radical (unpaired) electrons. The molecule has 0 saturated carbocycles. The molecule has 4 aromatic carbocycles. The fraction of sp³-hybridized carbons (Fsp3) is 0. The summed E-state index contributed by atoms with van der Waals surface area (Å²) >= 11 is 1.48. The van der Waals surface area contributed by atoms with E-state index in [1.165, 1.54) is 11.3 Å². The Balaban J connectivity index is 1.56. The molecule has 0 atom stereocenters. The predicted octanol–water partition coefficient (Wildman–Crippen LogP) is 6.25. The van der Waals surface area contributed by atoms with Crippen molar-refractivity contribution < 1.29 is 0 Å². The van der Waals surface area contributed by atoms with Gasteiger partial charge in [0.1, 0.15) is 0 Å². The largest absolute Gasteiger partial charge is 0.268 e. The Morgan fingerprint density at radius 3 is 1.89 bits per heavy atom. The van der Waals surface area contributed by atoms with Crippen LogP contribution >= 0.6 is 11.3 Å². The highest BCUT2D eigenvalue weighted by Crippen LogP contribution is 2.33. The number of hydrogen-bond donors (Lipinski definition) is 0. The fourth-order valence-corrected chi connectivity index (χ4v) is 5.47. The van der Waals surface area contributed by atoms with E-state index >= 15 is 0 Å². The van der Waals surface area contributed by atoms with E-state index in [-0.39, 0.29) is 5.56 Å². The summed E-state index contributed by atoms with van der Waals surface area (Å²) in [6, 6.07) is 33.1. The van der Waals surface area contributed by atoms with E-state index in [0.717, 1.165) is 26.9 Å². The minimum Gasteiger partial charge on any atom is -0.268 e. The summed E-state index contributed by atoms with van der Waals surface area (Å²) in [5.74, 6) is 1.66. The minimum absolute atomic E-state index is 0.102. The maximum Gasteiger partial charge on any atom is 0.266 e. The van der Waals surface area contributed by atoms with Gasteiger partial charge in [0.15, 0.2) is 22.4 Å². The van der Waals surface area contributed by atoms with Crippen LogP contribution in [0.2, 0.25) is 0 Å². The van der Waals surface area contributed by atoms with E-state index < -0.39 is 0 Å². The first kappa shape index (κ1) is 20.6. The van der Waals surface area contributed by atoms with Gasteiger partial charge in [-0.25, -0.2) is 24.3 Å². The Bertz CT molecular complexity index is 1910. The molecule has 0 saturated heterocycles. The average molecular weight is 484 g/mol. The first-order valence-corrected chi connectivity index (χ1v) is 12.3. The first-order chi connectivity index (χ1) is 17.8. The number of hydrogen-bond acceptors (Lipinski definition) is 6. The zero-order valence-corrected chi connectivity index (χ0v) is 19.7. The summed E-state index contributed by atoms with van der Waals surface area (Å²) in [6.45, 7) is 0. The maximum absolute atomic E-state index is 13.6. The number of aromatic nitrogens is 5. The van der Waals surface area contributed by atoms with Gasteiger partial charge in [0.05, 0.1) is 21.1 Å². The van der Waals surface area contributed by atoms with Crippen LogP contribution in [-0.2, 0) is 0 Å². The standard InChI is InChI=1S/C29H17N5OS/c35-28-20-14-7-8-16-22(20)30-29-34(28)24-21(15-9-17-23(24)36-29)27-32-25(18-10-3-1-4-11-18)31-26(33-27)19-12-5-2-6-13-19/h1-17H. The molecule has 7 heteroatoms. The van der Waals surface area contributed by atoms with Gasteiger partial charge in [0.2, 0.25) is 0 Å². The van der Waals surface area contributed by atoms with Crippen molar-refractivity contribution in [2.24, 2.45) is 0 Å². The summed E-state index contributed by atoms with van der Waals surface area (Å²) < 4.78 is 2.63. The Kier molecular flexibility index (Phi) is 4.68. The van der Waals surface area contributed by atoms with Crippen molar-refractivity contribution >= 4 is 37.4 Å². The van der Waals surface area contributed by atoms with Crippen LogP contribution in [0.25, 0.3) is 60.2 Å². The lowest BCUT2D eigenvalue weighted by Crippen LogP contribution is -2.14. The highest BCUT2D eigenvalue weighted by molar-refractivity contribution is 7.23. The molecule has 170 valence electrons. The maximum atomic E-state index is 13.6. The van der Waals surface area contributed by atoms with Crippen molar-refractivity contribution in [3.05, 3.63) is 113 Å². The van der Waals surface area contributed by atoms with Gasteiger partial charge in [0.25, 0.3) is 5.56 Å². The van der Waals surface area contributed by atoms with Crippen LogP contribution in [0, 0.1) is 0 Å². The van der Waals surface area contributed by atoms with Gasteiger partial charge in [0, 0.05) is 16.7 Å². The summed E-state index contributed by atoms with van der Waals surface area (Å²) in [4.78, 5) is 33.5. The second-order valence-corrected chi connectivity index (χ2v) is 9.35. The van der Waals surface area contributed by atoms with Crippen LogP contribution in [0.5, 0.6) is 0 Å². The van der Waals surface area contributed by atoms with Gasteiger partial charge >= 0.3 is 0 Å². The van der Waals surface area contributed by atoms with Crippen molar-refractivity contribution in [1.82, 2.24) is 24.3 Å². The zero-order valence-electron chi connectivity index (χ0n) is 18.9. The smallest absolute Gasteiger partial charge is 0.266 e. The van der Waals surface area contributed by atoms with E-state index in [0.29, 0.717) is 33.3 Å². The molecule has 0 fully saturated rings. The van der Waals surface area contributed by atoms with Gasteiger partial charge in [-0.1, -0.05) is 90.2 Å². The van der Waals surface area contributed by atoms with Crippen LogP contribution in [0.3, 0.4) is 0 Å². The molecule has 0 spiro atoms. The molecular formula is C29H17N5OS. The molecule has 3 aromatic heterocycles. The molecule has 0 aliphatic heterocycles. The number of nitrogens with zero attached hydrogens (tertiary/aromatic N) is 5. The van der Waals surface area contributed by atoms with Crippen LogP contribution in [0.4, 0.5) is 0 Å². The van der Waals surface area contributed by atoms with Crippen LogP contribution in [0.15, 0.2) is 108 Å². The van der Waals surface area contributed by atoms with Crippen LogP contribution < -0.4 is 5.56 Å². The predicted molar refractivity (Wildman–Crippen MR) is 144 cm³/mol. The second-order valence-electron chi connectivity index (χ2n) is 8.34. The molecule has 6 nitrogen and oxygen atoms in total. The summed E-state index contributed by atoms with van der Waals surface area (Å²) in [5, 5.41) is 0.579. The fourth-order valence-electron chi connectivity index (χ4n) is 4.42. The monoisotopic (exact) mass is 483 g/mol. The zero-order chi connectivity index (χ0) is 24.1. The van der Waals surface area contributed by atoms with E-state index in [1.807, 2.05) is 103 Å². The van der Waals surface area contributed by atoms with Gasteiger partial charge in [-0.2, -0.15) is 0 Å². The van der Waals surface area contributed by atoms with E-state index in [2.05, 4.69) is 0 Å². The normalized spacial score (nSPS) is 11.4. The SMILES string of the molecule is O=c1c2ccccc2nc2sc3cccc(-c4nc(-c5ccccc5)nc(-c5ccccc5)n4)c3n12. The van der Waals surface area contributed by atoms with E-state index in [9.17, 15) is 4.79 Å². The lowest BCUT2D eigenvalue weighted by Gasteiger charge is -2.09. The van der Waals surface area contributed by atoms with E-state index in [1.54, 1.807) is 4.40 Å². The van der Waals surface area contributed by atoms with Gasteiger partial charge in [-0.05, 0) is 24.3 Å². The molecule has 36 heavy (non-hydrogen) atoms. The third-order valence-corrected chi connectivity index (χ3v) is 7.11. The van der Waals surface area contributed by atoms with Crippen LogP contribution in [-0.4, -0.2) is 24.3 Å². The van der Waals surface area contributed by atoms with Gasteiger partial charge < -0.3 is 0 Å². The number of fused-ring (bicyclic) bond motifs is 4. The molecule has 0 N–H and O–H groups in total. The van der Waals surface area contributed by atoms with Crippen molar-refractivity contribution in [3.8, 4) is 34.2 Å². The topological polar surface area (TPSA) is 73.0 Å². The highest BCUT2D eigenvalue weighted by Gasteiger charge is 2.19. The molecule has 0 amide bonds. The molecule has 7 rings (SSSR count). The van der Waals surface area contributed by atoms with Crippen molar-refractivity contribution in [3.63, 3.8) is 0 Å². The summed E-state index contributed by atoms with van der Waals surface area (Å²) in [7, 11) is 0. The van der Waals surface area contributed by atoms with Crippen molar-refractivity contribution in [2.75, 3.05) is 0 Å². The summed E-state index contributed by atoms with van der Waals surface area (Å²) in [6.07, 6.45) is 0. The average Bonchev–Trinajstić information content (AvgIpc) is 3.33. The Morgan fingerprint density at radius 1 is 0.583 bits per heavy atom. The quantitative estimate of drug-likeness (QED) is 0.297. The van der Waals surface area contributed by atoms with Gasteiger partial charge in [-0.3, -0.25) is 4.79 Å². The lowest BCUT2D eigenvalue weighted by molar-refractivity contribution is 1.07. The number of thiazole rings is 1. The molecule has 7 aromatic rings. The van der Waals surface area contributed by atoms with Crippen molar-refractivity contribution in [2.45, 2.75) is 0 Å². The Morgan fingerprint density at radius 2 is 1.19 bits per heavy atom. The number of para-hydroxylation sites is 2. The highest BCUT2D eigenvalue weighted by atomic mass is 32.1. The Hall–Kier alpha value is -4.75. The molecule has 0 aliphatic rings. The lowest BCUT2D eigenvalue weighted by atomic mass is 10.1.